The van der Waals surface area contributed by atoms with Gasteiger partial charge in [0.15, 0.2) is 23.3 Å². The third-order valence-electron chi connectivity index (χ3n) is 10.3. The molecule has 60 heavy (non-hydrogen) atoms. The van der Waals surface area contributed by atoms with E-state index >= 15 is 0 Å². The van der Waals surface area contributed by atoms with Crippen molar-refractivity contribution in [3.63, 3.8) is 0 Å². The molecule has 0 N–H and O–H groups in total. The average molecular weight is 772 g/mol. The second-order valence-corrected chi connectivity index (χ2v) is 14.0. The molecule has 2 heterocycles. The molecule has 0 aliphatic heterocycles. The van der Waals surface area contributed by atoms with Gasteiger partial charge in [-0.3, -0.25) is 0 Å². The molecule has 6 heteroatoms. The monoisotopic (exact) mass is 771 g/mol. The summed E-state index contributed by atoms with van der Waals surface area (Å²) in [5, 5.41) is 10.5. The molecule has 2 aromatic heterocycles. The molecule has 0 aliphatic carbocycles. The Morgan fingerprint density at radius 2 is 0.933 bits per heavy atom. The van der Waals surface area contributed by atoms with Gasteiger partial charge in [0.25, 0.3) is 0 Å². The quantitative estimate of drug-likeness (QED) is 0.153. The number of nitriles is 1. The Morgan fingerprint density at radius 1 is 0.367 bits per heavy atom. The van der Waals surface area contributed by atoms with Gasteiger partial charge in [0.2, 0.25) is 0 Å². The van der Waals surface area contributed by atoms with Gasteiger partial charge in [-0.15, -0.1) is 0 Å². The number of hydrogen-bond donors (Lipinski definition) is 0. The van der Waals surface area contributed by atoms with Gasteiger partial charge < -0.3 is 0 Å². The third-order valence-corrected chi connectivity index (χ3v) is 10.3. The van der Waals surface area contributed by atoms with E-state index in [4.69, 9.17) is 31.8 Å². The minimum atomic E-state index is -0.515. The van der Waals surface area contributed by atoms with Crippen LogP contribution in [-0.4, -0.2) is 24.9 Å². The molecular weight excluding hydrogens is 733 g/mol. The lowest BCUT2D eigenvalue weighted by atomic mass is 9.90. The smallest absolute Gasteiger partial charge is 0.164 e. The third kappa shape index (κ3) is 7.08. The zero-order valence-electron chi connectivity index (χ0n) is 36.9. The summed E-state index contributed by atoms with van der Waals surface area (Å²) >= 11 is 0. The molecule has 0 amide bonds. The van der Waals surface area contributed by atoms with Gasteiger partial charge in [-0.25, -0.2) is 24.9 Å². The van der Waals surface area contributed by atoms with Crippen molar-refractivity contribution in [2.75, 3.05) is 0 Å². The van der Waals surface area contributed by atoms with Crippen LogP contribution >= 0.6 is 0 Å². The molecule has 0 fully saturated rings. The Hall–Kier alpha value is -8.40. The van der Waals surface area contributed by atoms with E-state index in [-0.39, 0.29) is 23.0 Å². The van der Waals surface area contributed by atoms with Gasteiger partial charge in [0, 0.05) is 33.2 Å². The predicted molar refractivity (Wildman–Crippen MR) is 241 cm³/mol. The maximum absolute atomic E-state index is 9.59. The summed E-state index contributed by atoms with van der Waals surface area (Å²) in [6, 6.07) is 56.8. The molecule has 0 bridgehead atoms. The van der Waals surface area contributed by atoms with E-state index in [2.05, 4.69) is 24.3 Å². The van der Waals surface area contributed by atoms with Crippen LogP contribution in [-0.2, 0) is 0 Å². The largest absolute Gasteiger partial charge is 0.228 e. The van der Waals surface area contributed by atoms with Gasteiger partial charge in [0.05, 0.1) is 29.7 Å². The van der Waals surface area contributed by atoms with Gasteiger partial charge in [0.1, 0.15) is 0 Å². The van der Waals surface area contributed by atoms with Gasteiger partial charge in [-0.2, -0.15) is 5.26 Å². The molecule has 0 saturated carbocycles. The van der Waals surface area contributed by atoms with Crippen LogP contribution in [0.25, 0.3) is 101 Å². The van der Waals surface area contributed by atoms with Crippen LogP contribution in [0.5, 0.6) is 0 Å². The normalized spacial score (nSPS) is 12.2. The summed E-state index contributed by atoms with van der Waals surface area (Å²) in [5.41, 5.74) is 10.3. The van der Waals surface area contributed by atoms with Crippen LogP contribution in [0.1, 0.15) is 12.4 Å². The number of nitrogens with zero attached hydrogens (tertiary/aromatic N) is 6. The first-order valence-corrected chi connectivity index (χ1v) is 19.3. The van der Waals surface area contributed by atoms with E-state index in [0.29, 0.717) is 22.5 Å². The minimum Gasteiger partial charge on any atom is -0.228 e. The summed E-state index contributed by atoms with van der Waals surface area (Å²) in [5.74, 6) is 0.968. The van der Waals surface area contributed by atoms with E-state index in [9.17, 15) is 5.26 Å². The zero-order chi connectivity index (χ0) is 44.6. The maximum Gasteiger partial charge on any atom is 0.164 e. The number of para-hydroxylation sites is 1. The Balaban J connectivity index is 1.18. The summed E-state index contributed by atoms with van der Waals surface area (Å²) in [4.78, 5) is 25.0. The summed E-state index contributed by atoms with van der Waals surface area (Å²) in [7, 11) is 0. The number of aromatic nitrogens is 5. The zero-order valence-corrected chi connectivity index (χ0v) is 31.9. The van der Waals surface area contributed by atoms with Crippen LogP contribution in [0.4, 0.5) is 0 Å². The average Bonchev–Trinajstić information content (AvgIpc) is 3.37. The molecule has 0 aliphatic rings. The van der Waals surface area contributed by atoms with E-state index < -0.39 is 30.2 Å². The van der Waals surface area contributed by atoms with Crippen molar-refractivity contribution in [3.8, 4) is 96.3 Å². The van der Waals surface area contributed by atoms with E-state index in [0.717, 1.165) is 61.1 Å². The van der Waals surface area contributed by atoms with Crippen molar-refractivity contribution in [2.24, 2.45) is 0 Å². The molecule has 10 rings (SSSR count). The molecule has 280 valence electrons. The molecule has 10 aromatic rings. The lowest BCUT2D eigenvalue weighted by Gasteiger charge is -2.17. The highest BCUT2D eigenvalue weighted by molar-refractivity contribution is 5.96. The summed E-state index contributed by atoms with van der Waals surface area (Å²) in [6.45, 7) is 0. The van der Waals surface area contributed by atoms with Crippen molar-refractivity contribution in [1.82, 2.24) is 24.9 Å². The van der Waals surface area contributed by atoms with Crippen molar-refractivity contribution in [1.29, 1.82) is 5.26 Å². The van der Waals surface area contributed by atoms with Crippen molar-refractivity contribution in [3.05, 3.63) is 212 Å². The molecule has 0 unspecified atom stereocenters. The highest BCUT2D eigenvalue weighted by Crippen LogP contribution is 2.41. The molecule has 0 atom stereocenters. The standard InChI is InChI=1S/C54H34N6/c55-35-36-16-14-23-40(32-36)41-24-15-25-42(33-41)52-58-51(39-21-8-3-9-22-39)59-53(60-52)43-30-31-45(48(34-43)37-17-4-1-5-18-37)44-26-10-11-27-46(44)54-56-49-29-13-12-28-47(49)50(57-54)38-19-6-2-7-20-38/h1-34H/i3D,8D,9D,21D,22D. The van der Waals surface area contributed by atoms with E-state index in [1.807, 2.05) is 146 Å². The van der Waals surface area contributed by atoms with Gasteiger partial charge in [-0.05, 0) is 63.7 Å². The van der Waals surface area contributed by atoms with Crippen LogP contribution < -0.4 is 0 Å². The lowest BCUT2D eigenvalue weighted by Crippen LogP contribution is -2.01. The van der Waals surface area contributed by atoms with Gasteiger partial charge >= 0.3 is 0 Å². The highest BCUT2D eigenvalue weighted by Gasteiger charge is 2.20. The Bertz CT molecular complexity index is 3490. The first-order valence-electron chi connectivity index (χ1n) is 21.8. The molecule has 0 radical (unpaired) electrons. The molecule has 8 aromatic carbocycles. The van der Waals surface area contributed by atoms with Crippen molar-refractivity contribution in [2.45, 2.75) is 0 Å². The number of fused-ring (bicyclic) bond motifs is 1. The van der Waals surface area contributed by atoms with Crippen LogP contribution in [0.2, 0.25) is 0 Å². The highest BCUT2D eigenvalue weighted by atomic mass is 15.0. The van der Waals surface area contributed by atoms with Crippen LogP contribution in [0.15, 0.2) is 206 Å². The van der Waals surface area contributed by atoms with E-state index in [1.165, 1.54) is 0 Å². The van der Waals surface area contributed by atoms with Gasteiger partial charge in [-0.1, -0.05) is 176 Å². The maximum atomic E-state index is 9.59. The predicted octanol–water partition coefficient (Wildman–Crippen LogP) is 13.0. The first-order chi connectivity index (χ1) is 31.7. The van der Waals surface area contributed by atoms with Crippen LogP contribution in [0, 0.1) is 11.3 Å². The number of rotatable bonds is 8. The second-order valence-electron chi connectivity index (χ2n) is 14.0. The molecule has 0 saturated heterocycles. The Morgan fingerprint density at radius 3 is 1.68 bits per heavy atom. The van der Waals surface area contributed by atoms with E-state index in [1.54, 1.807) is 12.1 Å². The fraction of sp³-hybridized carbons (Fsp3) is 0. The lowest BCUT2D eigenvalue weighted by molar-refractivity contribution is 1.07. The number of hydrogen-bond acceptors (Lipinski definition) is 6. The molecule has 0 spiro atoms. The Kier molecular flexibility index (Phi) is 8.11. The Labute approximate surface area is 354 Å². The minimum absolute atomic E-state index is 0.0720. The SMILES string of the molecule is [2H]c1c([2H])c([2H])c(-c2nc(-c3cccc(-c4cccc(C#N)c4)c3)nc(-c3ccc(-c4ccccc4-c4nc(-c5ccccc5)c5ccccc5n4)c(-c4ccccc4)c3)n2)c([2H])c1[2H]. The van der Waals surface area contributed by atoms with Crippen molar-refractivity contribution < 1.29 is 6.85 Å². The number of benzene rings is 8. The molecule has 6 nitrogen and oxygen atoms in total. The fourth-order valence-electron chi connectivity index (χ4n) is 7.41. The second kappa shape index (κ2) is 15.9. The first kappa shape index (κ1) is 30.7. The fourth-order valence-corrected chi connectivity index (χ4v) is 7.41. The topological polar surface area (TPSA) is 88.2 Å². The molecular formula is C54H34N6. The van der Waals surface area contributed by atoms with Crippen LogP contribution in [0.3, 0.4) is 0 Å². The summed E-state index contributed by atoms with van der Waals surface area (Å²) < 4.78 is 42.9. The van der Waals surface area contributed by atoms with Crippen molar-refractivity contribution >= 4 is 10.9 Å². The summed E-state index contributed by atoms with van der Waals surface area (Å²) in [6.07, 6.45) is 0.